The maximum Gasteiger partial charge on any atom is 0.419 e. The van der Waals surface area contributed by atoms with Crippen LogP contribution in [0, 0.1) is 0 Å². The van der Waals surface area contributed by atoms with Gasteiger partial charge in [0.2, 0.25) is 0 Å². The Bertz CT molecular complexity index is 480. The molecule has 1 aromatic rings. The van der Waals surface area contributed by atoms with Crippen molar-refractivity contribution in [3.63, 3.8) is 0 Å². The average Bonchev–Trinajstić information content (AvgIpc) is 2.48. The lowest BCUT2D eigenvalue weighted by Crippen LogP contribution is -2.39. The number of nitrogens with one attached hydrogen (secondary N) is 3. The molecule has 0 radical (unpaired) electrons. The molecule has 0 atom stereocenters. The highest BCUT2D eigenvalue weighted by Gasteiger charge is 2.33. The molecular formula is C14H23F3IN5. The van der Waals surface area contributed by atoms with Crippen LogP contribution in [-0.4, -0.2) is 37.1 Å². The quantitative estimate of drug-likeness (QED) is 0.261. The van der Waals surface area contributed by atoms with Crippen molar-refractivity contribution in [2.45, 2.75) is 26.4 Å². The van der Waals surface area contributed by atoms with Gasteiger partial charge in [0.25, 0.3) is 0 Å². The lowest BCUT2D eigenvalue weighted by molar-refractivity contribution is -0.137. The van der Waals surface area contributed by atoms with Crippen molar-refractivity contribution in [3.8, 4) is 0 Å². The van der Waals surface area contributed by atoms with Crippen LogP contribution in [0.2, 0.25) is 0 Å². The molecule has 0 bridgehead atoms. The summed E-state index contributed by atoms with van der Waals surface area (Å²) < 4.78 is 38.4. The van der Waals surface area contributed by atoms with Gasteiger partial charge in [-0.05, 0) is 25.5 Å². The molecule has 1 rings (SSSR count). The molecule has 9 heteroatoms. The Hall–Kier alpha value is -1.26. The van der Waals surface area contributed by atoms with E-state index >= 15 is 0 Å². The fourth-order valence-electron chi connectivity index (χ4n) is 1.70. The monoisotopic (exact) mass is 445 g/mol. The molecule has 23 heavy (non-hydrogen) atoms. The standard InChI is InChI=1S/C14H22F3N5.HI/c1-3-7-21-13(18-4-2)22-10-9-20-12-11(14(15,16)17)6-5-8-19-12;/h5-6,8H,3-4,7,9-10H2,1-2H3,(H,19,20)(H2,18,21,22);1H. The van der Waals surface area contributed by atoms with Crippen LogP contribution in [-0.2, 0) is 6.18 Å². The van der Waals surface area contributed by atoms with Crippen LogP contribution in [0.1, 0.15) is 25.8 Å². The minimum atomic E-state index is -4.42. The number of pyridine rings is 1. The minimum Gasteiger partial charge on any atom is -0.368 e. The highest BCUT2D eigenvalue weighted by Crippen LogP contribution is 2.33. The van der Waals surface area contributed by atoms with Crippen LogP contribution in [0.4, 0.5) is 19.0 Å². The van der Waals surface area contributed by atoms with Gasteiger partial charge in [-0.2, -0.15) is 13.2 Å². The van der Waals surface area contributed by atoms with Crippen LogP contribution < -0.4 is 16.0 Å². The van der Waals surface area contributed by atoms with E-state index in [0.29, 0.717) is 25.6 Å². The second-order valence-corrected chi connectivity index (χ2v) is 4.51. The van der Waals surface area contributed by atoms with Crippen LogP contribution in [0.15, 0.2) is 23.3 Å². The molecule has 0 unspecified atom stereocenters. The minimum absolute atomic E-state index is 0. The van der Waals surface area contributed by atoms with Crippen molar-refractivity contribution >= 4 is 35.8 Å². The topological polar surface area (TPSA) is 61.3 Å². The van der Waals surface area contributed by atoms with Gasteiger partial charge in [0.15, 0.2) is 5.96 Å². The number of halogens is 4. The largest absolute Gasteiger partial charge is 0.419 e. The zero-order chi connectivity index (χ0) is 16.4. The number of hydrogen-bond donors (Lipinski definition) is 3. The number of nitrogens with zero attached hydrogens (tertiary/aromatic N) is 2. The SMILES string of the molecule is CCCN=C(NCC)NCCNc1ncccc1C(F)(F)F.I. The molecule has 5 nitrogen and oxygen atoms in total. The van der Waals surface area contributed by atoms with Gasteiger partial charge >= 0.3 is 6.18 Å². The van der Waals surface area contributed by atoms with E-state index in [1.807, 2.05) is 13.8 Å². The summed E-state index contributed by atoms with van der Waals surface area (Å²) in [5.41, 5.74) is -0.762. The number of anilines is 1. The van der Waals surface area contributed by atoms with E-state index in [9.17, 15) is 13.2 Å². The Morgan fingerprint density at radius 3 is 2.57 bits per heavy atom. The van der Waals surface area contributed by atoms with Crippen LogP contribution in [0.5, 0.6) is 0 Å². The summed E-state index contributed by atoms with van der Waals surface area (Å²) in [6.45, 7) is 6.13. The summed E-state index contributed by atoms with van der Waals surface area (Å²) in [6, 6.07) is 2.28. The molecule has 0 aliphatic carbocycles. The normalized spacial score (nSPS) is 11.6. The lowest BCUT2D eigenvalue weighted by Gasteiger charge is -2.14. The van der Waals surface area contributed by atoms with Gasteiger partial charge in [-0.1, -0.05) is 6.92 Å². The predicted molar refractivity (Wildman–Crippen MR) is 97.4 cm³/mol. The van der Waals surface area contributed by atoms with Crippen LogP contribution in [0.25, 0.3) is 0 Å². The predicted octanol–water partition coefficient (Wildman–Crippen LogP) is 3.10. The van der Waals surface area contributed by atoms with E-state index in [1.165, 1.54) is 12.3 Å². The lowest BCUT2D eigenvalue weighted by atomic mass is 10.2. The van der Waals surface area contributed by atoms with Gasteiger partial charge in [-0.25, -0.2) is 4.98 Å². The van der Waals surface area contributed by atoms with Crippen LogP contribution in [0.3, 0.4) is 0 Å². The van der Waals surface area contributed by atoms with E-state index in [2.05, 4.69) is 25.9 Å². The third-order valence-electron chi connectivity index (χ3n) is 2.66. The molecule has 0 fully saturated rings. The highest BCUT2D eigenvalue weighted by molar-refractivity contribution is 14.0. The molecule has 0 aromatic carbocycles. The zero-order valence-corrected chi connectivity index (χ0v) is 15.5. The maximum absolute atomic E-state index is 12.8. The van der Waals surface area contributed by atoms with Gasteiger partial charge in [0.1, 0.15) is 5.82 Å². The van der Waals surface area contributed by atoms with Crippen molar-refractivity contribution in [1.29, 1.82) is 0 Å². The highest BCUT2D eigenvalue weighted by atomic mass is 127. The second kappa shape index (κ2) is 11.3. The summed E-state index contributed by atoms with van der Waals surface area (Å²) >= 11 is 0. The smallest absolute Gasteiger partial charge is 0.368 e. The number of rotatable bonds is 7. The number of aromatic nitrogens is 1. The van der Waals surface area contributed by atoms with Crippen molar-refractivity contribution < 1.29 is 13.2 Å². The van der Waals surface area contributed by atoms with Crippen molar-refractivity contribution in [1.82, 2.24) is 15.6 Å². The average molecular weight is 445 g/mol. The molecule has 0 saturated heterocycles. The third kappa shape index (κ3) is 8.24. The van der Waals surface area contributed by atoms with Gasteiger partial charge in [0.05, 0.1) is 5.56 Å². The molecule has 0 aliphatic heterocycles. The first kappa shape index (κ1) is 21.7. The summed E-state index contributed by atoms with van der Waals surface area (Å²) in [4.78, 5) is 8.05. The first-order valence-corrected chi connectivity index (χ1v) is 7.27. The molecule has 0 saturated carbocycles. The van der Waals surface area contributed by atoms with Crippen molar-refractivity contribution in [2.24, 2.45) is 4.99 Å². The number of aliphatic imine (C=N–C) groups is 1. The summed E-state index contributed by atoms with van der Waals surface area (Å²) in [6.07, 6.45) is -2.16. The van der Waals surface area contributed by atoms with Gasteiger partial charge in [0, 0.05) is 32.4 Å². The molecule has 0 spiro atoms. The van der Waals surface area contributed by atoms with E-state index in [4.69, 9.17) is 0 Å². The molecule has 0 aliphatic rings. The Balaban J connectivity index is 0.00000484. The van der Waals surface area contributed by atoms with E-state index in [1.54, 1.807) is 0 Å². The zero-order valence-electron chi connectivity index (χ0n) is 13.2. The number of guanidine groups is 1. The van der Waals surface area contributed by atoms with E-state index in [-0.39, 0.29) is 29.8 Å². The van der Waals surface area contributed by atoms with E-state index < -0.39 is 11.7 Å². The first-order valence-electron chi connectivity index (χ1n) is 7.27. The summed E-state index contributed by atoms with van der Waals surface area (Å²) in [7, 11) is 0. The van der Waals surface area contributed by atoms with Gasteiger partial charge < -0.3 is 16.0 Å². The molecule has 0 amide bonds. The van der Waals surface area contributed by atoms with Crippen molar-refractivity contribution in [3.05, 3.63) is 23.9 Å². The Labute approximate surface area is 151 Å². The number of hydrogen-bond acceptors (Lipinski definition) is 3. The van der Waals surface area contributed by atoms with E-state index in [0.717, 1.165) is 19.0 Å². The van der Waals surface area contributed by atoms with Gasteiger partial charge in [-0.15, -0.1) is 24.0 Å². The Morgan fingerprint density at radius 1 is 1.22 bits per heavy atom. The Morgan fingerprint density at radius 2 is 1.96 bits per heavy atom. The van der Waals surface area contributed by atoms with Crippen molar-refractivity contribution in [2.75, 3.05) is 31.5 Å². The molecule has 132 valence electrons. The maximum atomic E-state index is 12.8. The summed E-state index contributed by atoms with van der Waals surface area (Å²) in [5, 5.41) is 8.82. The third-order valence-corrected chi connectivity index (χ3v) is 2.66. The first-order chi connectivity index (χ1) is 10.5. The molecular weight excluding hydrogens is 422 g/mol. The van der Waals surface area contributed by atoms with Gasteiger partial charge in [-0.3, -0.25) is 4.99 Å². The van der Waals surface area contributed by atoms with Crippen LogP contribution >= 0.6 is 24.0 Å². The Kier molecular flexibility index (Phi) is 10.7. The second-order valence-electron chi connectivity index (χ2n) is 4.51. The molecule has 1 aromatic heterocycles. The fraction of sp³-hybridized carbons (Fsp3) is 0.571. The fourth-order valence-corrected chi connectivity index (χ4v) is 1.70. The molecule has 3 N–H and O–H groups in total. The molecule has 1 heterocycles. The number of alkyl halides is 3. The summed E-state index contributed by atoms with van der Waals surface area (Å²) in [5.74, 6) is 0.496.